The average molecular weight is 857 g/mol. The molecule has 1 aliphatic carbocycles. The molecule has 3 nitrogen and oxygen atoms in total. The van der Waals surface area contributed by atoms with E-state index in [1.54, 1.807) is 0 Å². The van der Waals surface area contributed by atoms with Crippen molar-refractivity contribution >= 4 is 110 Å². The van der Waals surface area contributed by atoms with Crippen LogP contribution in [0.2, 0.25) is 0 Å². The van der Waals surface area contributed by atoms with Gasteiger partial charge < -0.3 is 13.8 Å². The Kier molecular flexibility index (Phi) is 7.33. The highest BCUT2D eigenvalue weighted by molar-refractivity contribution is 7.32. The van der Waals surface area contributed by atoms with E-state index in [0.29, 0.717) is 0 Å². The molecule has 5 heterocycles. The van der Waals surface area contributed by atoms with Crippen LogP contribution in [-0.2, 0) is 16.2 Å². The zero-order chi connectivity index (χ0) is 43.9. The molecule has 11 aromatic rings. The van der Waals surface area contributed by atoms with Gasteiger partial charge in [-0.2, -0.15) is 0 Å². The number of nitrogens with zero attached hydrogens (tertiary/aromatic N) is 2. The first-order valence-electron chi connectivity index (χ1n) is 23.4. The maximum Gasteiger partial charge on any atom is 0.343 e. The maximum absolute atomic E-state index is 7.29. The van der Waals surface area contributed by atoms with Gasteiger partial charge in [-0.25, -0.2) is 0 Å². The van der Waals surface area contributed by atoms with Gasteiger partial charge in [-0.1, -0.05) is 146 Å². The molecule has 0 radical (unpaired) electrons. The van der Waals surface area contributed by atoms with Crippen LogP contribution in [0.5, 0.6) is 0 Å². The number of benzene rings is 8. The molecule has 8 aromatic carbocycles. The molecule has 3 aliphatic rings. The highest BCUT2D eigenvalue weighted by Gasteiger charge is 2.48. The number of hydrogen-bond donors (Lipinski definition) is 0. The van der Waals surface area contributed by atoms with Crippen LogP contribution in [-0.4, -0.2) is 11.3 Å². The van der Waals surface area contributed by atoms with Crippen LogP contribution < -0.4 is 15.1 Å². The second-order valence-corrected chi connectivity index (χ2v) is 22.6. The number of furan rings is 1. The van der Waals surface area contributed by atoms with Crippen LogP contribution in [0.4, 0.5) is 17.1 Å². The minimum atomic E-state index is -0.0932. The van der Waals surface area contributed by atoms with Gasteiger partial charge in [-0.05, 0) is 122 Å². The zero-order valence-corrected chi connectivity index (χ0v) is 38.9. The fraction of sp³-hybridized carbons (Fsp3) is 0.200. The van der Waals surface area contributed by atoms with Gasteiger partial charge in [0.1, 0.15) is 5.58 Å². The summed E-state index contributed by atoms with van der Waals surface area (Å²) in [6, 6.07) is 55.4. The van der Waals surface area contributed by atoms with Crippen LogP contribution >= 0.6 is 11.3 Å². The van der Waals surface area contributed by atoms with E-state index in [1.807, 2.05) is 11.3 Å². The summed E-state index contributed by atoms with van der Waals surface area (Å²) < 4.78 is 12.8. The standard InChI is InChI=1S/C60H49BN2OS/c1-58(2,3)37-24-25-48(41(30-37)34-16-9-8-10-17-34)62-54-45-32-46-47(60(6,7)27-26-59(46,4)5)33-51(45)65-57(54)61-52-43(31-44-38-20-13-14-23-50(38)64-56(44)55(52)62)40-22-15-21-39-42-28-35-18-11-12-19-36(35)29-49(42)63(61)53(39)40/h8-25,28-33H,26-27H2,1-7H3. The van der Waals surface area contributed by atoms with Crippen molar-refractivity contribution in [1.29, 1.82) is 0 Å². The Labute approximate surface area is 384 Å². The van der Waals surface area contributed by atoms with Crippen LogP contribution in [0.25, 0.3) is 86.9 Å². The van der Waals surface area contributed by atoms with Crippen molar-refractivity contribution in [3.05, 3.63) is 162 Å². The minimum Gasteiger partial charge on any atom is -0.454 e. The molecule has 0 fully saturated rings. The van der Waals surface area contributed by atoms with Gasteiger partial charge in [0.15, 0.2) is 5.58 Å². The largest absolute Gasteiger partial charge is 0.454 e. The zero-order valence-electron chi connectivity index (χ0n) is 38.1. The summed E-state index contributed by atoms with van der Waals surface area (Å²) in [7, 11) is 0. The highest BCUT2D eigenvalue weighted by Crippen LogP contribution is 2.56. The van der Waals surface area contributed by atoms with Gasteiger partial charge in [0.25, 0.3) is 0 Å². The predicted octanol–water partition coefficient (Wildman–Crippen LogP) is 15.8. The summed E-state index contributed by atoms with van der Waals surface area (Å²) in [5, 5.41) is 8.76. The molecule has 14 rings (SSSR count). The Morgan fingerprint density at radius 3 is 2.08 bits per heavy atom. The summed E-state index contributed by atoms with van der Waals surface area (Å²) in [6.45, 7) is 16.7. The lowest BCUT2D eigenvalue weighted by Gasteiger charge is -2.42. The summed E-state index contributed by atoms with van der Waals surface area (Å²) >= 11 is 2.01. The quantitative estimate of drug-likeness (QED) is 0.162. The average Bonchev–Trinajstić information content (AvgIpc) is 3.98. The molecule has 314 valence electrons. The van der Waals surface area contributed by atoms with Crippen molar-refractivity contribution in [2.24, 2.45) is 0 Å². The number of hydrogen-bond acceptors (Lipinski definition) is 3. The summed E-state index contributed by atoms with van der Waals surface area (Å²) in [5.41, 5.74) is 18.7. The van der Waals surface area contributed by atoms with Crippen LogP contribution in [0.3, 0.4) is 0 Å². The molecular formula is C60H49BN2OS. The van der Waals surface area contributed by atoms with Crippen LogP contribution in [0, 0.1) is 0 Å². The number of fused-ring (bicyclic) bond motifs is 15. The Morgan fingerprint density at radius 2 is 1.29 bits per heavy atom. The topological polar surface area (TPSA) is 21.3 Å². The molecule has 0 atom stereocenters. The number of anilines is 3. The lowest BCUT2D eigenvalue weighted by atomic mass is 9.48. The third-order valence-electron chi connectivity index (χ3n) is 15.7. The van der Waals surface area contributed by atoms with E-state index in [-0.39, 0.29) is 23.1 Å². The number of thiophene rings is 1. The first-order chi connectivity index (χ1) is 31.4. The first-order valence-corrected chi connectivity index (χ1v) is 24.2. The van der Waals surface area contributed by atoms with Gasteiger partial charge in [-0.3, -0.25) is 0 Å². The molecule has 0 N–H and O–H groups in total. The fourth-order valence-corrected chi connectivity index (χ4v) is 13.5. The van der Waals surface area contributed by atoms with Gasteiger partial charge in [0, 0.05) is 58.6 Å². The van der Waals surface area contributed by atoms with E-state index in [2.05, 4.69) is 203 Å². The molecule has 2 aliphatic heterocycles. The molecule has 3 aromatic heterocycles. The van der Waals surface area contributed by atoms with Crippen molar-refractivity contribution in [3.8, 4) is 22.3 Å². The smallest absolute Gasteiger partial charge is 0.343 e. The molecule has 65 heavy (non-hydrogen) atoms. The molecule has 0 spiro atoms. The Bertz CT molecular complexity index is 3890. The Balaban J connectivity index is 1.21. The molecule has 5 heteroatoms. The molecular weight excluding hydrogens is 808 g/mol. The second kappa shape index (κ2) is 12.6. The Hall–Kier alpha value is -6.56. The molecule has 0 saturated carbocycles. The highest BCUT2D eigenvalue weighted by atomic mass is 32.1. The predicted molar refractivity (Wildman–Crippen MR) is 280 cm³/mol. The van der Waals surface area contributed by atoms with Crippen molar-refractivity contribution in [2.75, 3.05) is 4.90 Å². The van der Waals surface area contributed by atoms with Crippen molar-refractivity contribution in [3.63, 3.8) is 0 Å². The van der Waals surface area contributed by atoms with Gasteiger partial charge in [-0.15, -0.1) is 11.3 Å². The summed E-state index contributed by atoms with van der Waals surface area (Å²) in [4.78, 5) is 2.67. The lowest BCUT2D eigenvalue weighted by Crippen LogP contribution is -2.55. The molecule has 0 unspecified atom stereocenters. The van der Waals surface area contributed by atoms with E-state index in [4.69, 9.17) is 4.42 Å². The fourth-order valence-electron chi connectivity index (χ4n) is 12.2. The minimum absolute atomic E-state index is 0.0423. The van der Waals surface area contributed by atoms with Gasteiger partial charge >= 0.3 is 6.85 Å². The maximum atomic E-state index is 7.29. The third kappa shape index (κ3) is 5.03. The van der Waals surface area contributed by atoms with Crippen molar-refractivity contribution in [2.45, 2.75) is 77.6 Å². The van der Waals surface area contributed by atoms with E-state index in [1.165, 1.54) is 110 Å². The van der Waals surface area contributed by atoms with E-state index in [9.17, 15) is 0 Å². The number of rotatable bonds is 2. The van der Waals surface area contributed by atoms with Gasteiger partial charge in [0.2, 0.25) is 0 Å². The monoisotopic (exact) mass is 856 g/mol. The second-order valence-electron chi connectivity index (χ2n) is 21.5. The summed E-state index contributed by atoms with van der Waals surface area (Å²) in [6.07, 6.45) is 2.34. The van der Waals surface area contributed by atoms with E-state index in [0.717, 1.165) is 34.0 Å². The van der Waals surface area contributed by atoms with Crippen LogP contribution in [0.1, 0.15) is 78.0 Å². The summed E-state index contributed by atoms with van der Waals surface area (Å²) in [5.74, 6) is 0. The van der Waals surface area contributed by atoms with Crippen LogP contribution in [0.15, 0.2) is 150 Å². The van der Waals surface area contributed by atoms with E-state index >= 15 is 0 Å². The van der Waals surface area contributed by atoms with Gasteiger partial charge in [0.05, 0.1) is 17.1 Å². The van der Waals surface area contributed by atoms with E-state index < -0.39 is 0 Å². The molecule has 0 saturated heterocycles. The Morgan fingerprint density at radius 1 is 0.585 bits per heavy atom. The SMILES string of the molecule is CC(C)(C)c1ccc(N2c3c(sc4cc5c(cc34)C(C)(C)CCC5(C)C)B3c4c(cc5c(oc6ccccc65)c42)-c2cccc4c5cc6ccccc6cc5n3c24)c(-c2ccccc2)c1. The number of para-hydroxylation sites is 2. The number of aromatic nitrogens is 1. The van der Waals surface area contributed by atoms with Crippen molar-refractivity contribution in [1.82, 2.24) is 4.48 Å². The normalized spacial score (nSPS) is 16.0. The first kappa shape index (κ1) is 37.8. The molecule has 0 bridgehead atoms. The van der Waals surface area contributed by atoms with Crippen molar-refractivity contribution < 1.29 is 4.42 Å². The molecule has 0 amide bonds. The third-order valence-corrected chi connectivity index (χ3v) is 16.9. The lowest BCUT2D eigenvalue weighted by molar-refractivity contribution is 0.332.